The second kappa shape index (κ2) is 16.5. The highest BCUT2D eigenvalue weighted by molar-refractivity contribution is 5.82. The standard InChI is InChI=1S/C35H52N2O7/c1-33(2,3)42-30(38)27(17-20-29(31(39)43-34(4,5)6)37-32(40)44-35(7,8)9)23-25-15-18-28(19-16-25)36-21-22-41-24-26-13-11-10-12-14-26/h10-16,18-19,27,29,36H,17,20-24H2,1-9H3,(H,37,40)/t27?,29-/m0/s1. The van der Waals surface area contributed by atoms with Crippen molar-refractivity contribution >= 4 is 23.7 Å². The Morgan fingerprint density at radius 2 is 1.25 bits per heavy atom. The summed E-state index contributed by atoms with van der Waals surface area (Å²) in [7, 11) is 0. The van der Waals surface area contributed by atoms with Crippen molar-refractivity contribution in [2.75, 3.05) is 18.5 Å². The lowest BCUT2D eigenvalue weighted by molar-refractivity contribution is -0.162. The average molecular weight is 613 g/mol. The minimum atomic E-state index is -0.996. The number of hydrogen-bond acceptors (Lipinski definition) is 8. The van der Waals surface area contributed by atoms with Gasteiger partial charge in [-0.25, -0.2) is 9.59 Å². The lowest BCUT2D eigenvalue weighted by Crippen LogP contribution is -2.46. The number of hydrogen-bond donors (Lipinski definition) is 2. The summed E-state index contributed by atoms with van der Waals surface area (Å²) in [5.74, 6) is -1.50. The molecule has 0 fully saturated rings. The topological polar surface area (TPSA) is 112 Å². The van der Waals surface area contributed by atoms with E-state index < -0.39 is 40.8 Å². The van der Waals surface area contributed by atoms with Crippen molar-refractivity contribution < 1.29 is 33.3 Å². The summed E-state index contributed by atoms with van der Waals surface area (Å²) in [4.78, 5) is 38.9. The number of esters is 2. The molecule has 244 valence electrons. The van der Waals surface area contributed by atoms with Gasteiger partial charge >= 0.3 is 18.0 Å². The van der Waals surface area contributed by atoms with E-state index in [9.17, 15) is 14.4 Å². The third-order valence-corrected chi connectivity index (χ3v) is 6.05. The van der Waals surface area contributed by atoms with Crippen LogP contribution in [-0.2, 0) is 41.6 Å². The number of carbonyl (C=O) groups is 3. The van der Waals surface area contributed by atoms with E-state index in [-0.39, 0.29) is 18.8 Å². The van der Waals surface area contributed by atoms with Crippen LogP contribution in [0.15, 0.2) is 54.6 Å². The van der Waals surface area contributed by atoms with Gasteiger partial charge in [-0.15, -0.1) is 0 Å². The first kappa shape index (κ1) is 36.6. The predicted octanol–water partition coefficient (Wildman–Crippen LogP) is 6.83. The monoisotopic (exact) mass is 612 g/mol. The van der Waals surface area contributed by atoms with Crippen LogP contribution in [0.3, 0.4) is 0 Å². The Bertz CT molecular complexity index is 1180. The van der Waals surface area contributed by atoms with Gasteiger partial charge in [0.05, 0.1) is 19.1 Å². The Kier molecular flexibility index (Phi) is 13.7. The van der Waals surface area contributed by atoms with E-state index in [2.05, 4.69) is 10.6 Å². The number of anilines is 1. The molecule has 2 rings (SSSR count). The van der Waals surface area contributed by atoms with Gasteiger partial charge in [0.15, 0.2) is 0 Å². The van der Waals surface area contributed by atoms with Gasteiger partial charge in [0.25, 0.3) is 0 Å². The summed E-state index contributed by atoms with van der Waals surface area (Å²) in [6.07, 6.45) is 0.132. The highest BCUT2D eigenvalue weighted by atomic mass is 16.6. The molecule has 2 atom stereocenters. The molecule has 1 unspecified atom stereocenters. The molecule has 0 saturated carbocycles. The summed E-state index contributed by atoms with van der Waals surface area (Å²) in [5.41, 5.74) is 0.856. The second-order valence-electron chi connectivity index (χ2n) is 13.9. The molecule has 0 aliphatic carbocycles. The molecule has 9 heteroatoms. The third kappa shape index (κ3) is 15.8. The van der Waals surface area contributed by atoms with E-state index in [1.165, 1.54) is 0 Å². The van der Waals surface area contributed by atoms with Gasteiger partial charge in [-0.2, -0.15) is 0 Å². The fraction of sp³-hybridized carbons (Fsp3) is 0.571. The van der Waals surface area contributed by atoms with Crippen molar-refractivity contribution in [2.24, 2.45) is 5.92 Å². The first-order valence-corrected chi connectivity index (χ1v) is 15.3. The summed E-state index contributed by atoms with van der Waals surface area (Å²) >= 11 is 0. The molecule has 2 N–H and O–H groups in total. The van der Waals surface area contributed by atoms with Crippen molar-refractivity contribution in [3.05, 3.63) is 65.7 Å². The highest BCUT2D eigenvalue weighted by Crippen LogP contribution is 2.23. The van der Waals surface area contributed by atoms with Crippen LogP contribution in [0.2, 0.25) is 0 Å². The molecule has 0 saturated heterocycles. The number of nitrogens with one attached hydrogen (secondary N) is 2. The zero-order valence-electron chi connectivity index (χ0n) is 28.0. The summed E-state index contributed by atoms with van der Waals surface area (Å²) in [6.45, 7) is 17.8. The number of benzene rings is 2. The van der Waals surface area contributed by atoms with Crippen molar-refractivity contribution in [1.29, 1.82) is 0 Å². The van der Waals surface area contributed by atoms with Gasteiger partial charge in [0, 0.05) is 12.2 Å². The molecule has 0 spiro atoms. The van der Waals surface area contributed by atoms with Crippen molar-refractivity contribution in [3.8, 4) is 0 Å². The van der Waals surface area contributed by atoms with Crippen LogP contribution in [0, 0.1) is 5.92 Å². The van der Waals surface area contributed by atoms with Gasteiger partial charge < -0.3 is 29.6 Å². The Balaban J connectivity index is 2.06. The van der Waals surface area contributed by atoms with E-state index in [1.54, 1.807) is 41.5 Å². The van der Waals surface area contributed by atoms with Crippen LogP contribution < -0.4 is 10.6 Å². The highest BCUT2D eigenvalue weighted by Gasteiger charge is 2.32. The number of amides is 1. The van der Waals surface area contributed by atoms with Gasteiger partial charge in [-0.3, -0.25) is 4.79 Å². The lowest BCUT2D eigenvalue weighted by Gasteiger charge is -2.28. The Labute approximate surface area is 263 Å². The number of carbonyl (C=O) groups excluding carboxylic acids is 3. The molecule has 0 bridgehead atoms. The van der Waals surface area contributed by atoms with Gasteiger partial charge in [-0.1, -0.05) is 42.5 Å². The lowest BCUT2D eigenvalue weighted by atomic mass is 9.92. The quantitative estimate of drug-likeness (QED) is 0.136. The number of ether oxygens (including phenoxy) is 4. The molecule has 9 nitrogen and oxygen atoms in total. The van der Waals surface area contributed by atoms with E-state index in [4.69, 9.17) is 18.9 Å². The molecular weight excluding hydrogens is 560 g/mol. The van der Waals surface area contributed by atoms with Gasteiger partial charge in [0.1, 0.15) is 22.8 Å². The molecular formula is C35H52N2O7. The predicted molar refractivity (Wildman–Crippen MR) is 172 cm³/mol. The first-order valence-electron chi connectivity index (χ1n) is 15.3. The molecule has 1 amide bonds. The Morgan fingerprint density at radius 1 is 0.682 bits per heavy atom. The van der Waals surface area contributed by atoms with E-state index in [0.29, 0.717) is 26.2 Å². The Hall–Kier alpha value is -3.59. The maximum atomic E-state index is 13.3. The maximum Gasteiger partial charge on any atom is 0.408 e. The van der Waals surface area contributed by atoms with Crippen LogP contribution in [0.25, 0.3) is 0 Å². The van der Waals surface area contributed by atoms with Gasteiger partial charge in [0.2, 0.25) is 0 Å². The molecule has 0 radical (unpaired) electrons. The Morgan fingerprint density at radius 3 is 1.82 bits per heavy atom. The van der Waals surface area contributed by atoms with Crippen LogP contribution in [0.4, 0.5) is 10.5 Å². The first-order chi connectivity index (χ1) is 20.4. The molecule has 0 aromatic heterocycles. The fourth-order valence-electron chi connectivity index (χ4n) is 4.20. The van der Waals surface area contributed by atoms with Crippen LogP contribution in [0.5, 0.6) is 0 Å². The van der Waals surface area contributed by atoms with E-state index in [0.717, 1.165) is 16.8 Å². The van der Waals surface area contributed by atoms with Crippen LogP contribution >= 0.6 is 0 Å². The molecule has 2 aromatic carbocycles. The smallest absolute Gasteiger partial charge is 0.408 e. The maximum absolute atomic E-state index is 13.3. The normalized spacial score (nSPS) is 13.4. The summed E-state index contributed by atoms with van der Waals surface area (Å²) in [5, 5.41) is 5.99. The minimum absolute atomic E-state index is 0.167. The molecule has 0 aliphatic rings. The molecule has 44 heavy (non-hydrogen) atoms. The fourth-order valence-corrected chi connectivity index (χ4v) is 4.20. The molecule has 0 heterocycles. The van der Waals surface area contributed by atoms with Crippen molar-refractivity contribution in [3.63, 3.8) is 0 Å². The summed E-state index contributed by atoms with van der Waals surface area (Å²) < 4.78 is 22.4. The average Bonchev–Trinajstić information content (AvgIpc) is 2.88. The molecule has 0 aliphatic heterocycles. The second-order valence-corrected chi connectivity index (χ2v) is 13.9. The van der Waals surface area contributed by atoms with E-state index >= 15 is 0 Å². The number of alkyl carbamates (subject to hydrolysis) is 1. The SMILES string of the molecule is CC(C)(C)OC(=O)N[C@@H](CCC(Cc1ccc(NCCOCc2ccccc2)cc1)C(=O)OC(C)(C)C)C(=O)OC(C)(C)C. The zero-order chi connectivity index (χ0) is 33.0. The van der Waals surface area contributed by atoms with Crippen LogP contribution in [0.1, 0.15) is 86.3 Å². The van der Waals surface area contributed by atoms with Gasteiger partial charge in [-0.05, 0) is 105 Å². The molecule has 2 aromatic rings. The van der Waals surface area contributed by atoms with Crippen molar-refractivity contribution in [1.82, 2.24) is 5.32 Å². The van der Waals surface area contributed by atoms with Crippen molar-refractivity contribution in [2.45, 2.75) is 111 Å². The number of rotatable bonds is 14. The third-order valence-electron chi connectivity index (χ3n) is 6.05. The zero-order valence-corrected chi connectivity index (χ0v) is 28.0. The minimum Gasteiger partial charge on any atom is -0.460 e. The van der Waals surface area contributed by atoms with Crippen LogP contribution in [-0.4, -0.2) is 54.0 Å². The summed E-state index contributed by atoms with van der Waals surface area (Å²) in [6, 6.07) is 16.9. The largest absolute Gasteiger partial charge is 0.460 e. The van der Waals surface area contributed by atoms with E-state index in [1.807, 2.05) is 75.4 Å².